The minimum absolute atomic E-state index is 0.0999. The third-order valence-corrected chi connectivity index (χ3v) is 5.51. The van der Waals surface area contributed by atoms with Crippen molar-refractivity contribution in [3.8, 4) is 0 Å². The Balaban J connectivity index is 1.47. The number of anilines is 1. The predicted octanol–water partition coefficient (Wildman–Crippen LogP) is 3.41. The van der Waals surface area contributed by atoms with Crippen molar-refractivity contribution in [1.82, 2.24) is 19.4 Å². The zero-order valence-corrected chi connectivity index (χ0v) is 17.0. The highest BCUT2D eigenvalue weighted by atomic mass is 16.2. The number of hydrogen-bond acceptors (Lipinski definition) is 4. The van der Waals surface area contributed by atoms with Crippen LogP contribution in [0.25, 0.3) is 0 Å². The maximum Gasteiger partial charge on any atom is 0.253 e. The summed E-state index contributed by atoms with van der Waals surface area (Å²) in [4.78, 5) is 26.1. The molecule has 0 radical (unpaired) electrons. The topological polar surface area (TPSA) is 54.3 Å². The lowest BCUT2D eigenvalue weighted by atomic mass is 9.96. The van der Waals surface area contributed by atoms with Gasteiger partial charge in [0.15, 0.2) is 0 Å². The maximum atomic E-state index is 13.0. The summed E-state index contributed by atoms with van der Waals surface area (Å²) in [7, 11) is 4.00. The van der Waals surface area contributed by atoms with Crippen LogP contribution in [0.2, 0.25) is 0 Å². The van der Waals surface area contributed by atoms with Crippen molar-refractivity contribution in [2.75, 3.05) is 32.1 Å². The molecule has 1 fully saturated rings. The van der Waals surface area contributed by atoms with Crippen molar-refractivity contribution >= 4 is 11.6 Å². The van der Waals surface area contributed by atoms with Gasteiger partial charge in [-0.15, -0.1) is 0 Å². The Morgan fingerprint density at radius 3 is 2.66 bits per heavy atom. The van der Waals surface area contributed by atoms with Crippen LogP contribution in [0, 0.1) is 0 Å². The predicted molar refractivity (Wildman–Crippen MR) is 114 cm³/mol. The molecule has 0 saturated carbocycles. The molecule has 1 atom stereocenters. The van der Waals surface area contributed by atoms with Crippen LogP contribution in [0.3, 0.4) is 0 Å². The lowest BCUT2D eigenvalue weighted by Crippen LogP contribution is -2.39. The fraction of sp³-hybridized carbons (Fsp3) is 0.348. The summed E-state index contributed by atoms with van der Waals surface area (Å²) >= 11 is 0. The van der Waals surface area contributed by atoms with E-state index in [-0.39, 0.29) is 11.8 Å². The zero-order valence-electron chi connectivity index (χ0n) is 17.0. The van der Waals surface area contributed by atoms with E-state index in [9.17, 15) is 4.79 Å². The molecule has 0 bridgehead atoms. The standard InChI is InChI=1S/C23H27N5O/c1-26(2)21-10-8-18(9-11-21)23(29)28-14-5-6-19(16-28)22-25-13-15-27(22)17-20-7-3-4-12-24-20/h3-4,7-13,15,19H,5-6,14,16-17H2,1-2H3/t19-/m1/s1. The first-order valence-corrected chi connectivity index (χ1v) is 10.1. The van der Waals surface area contributed by atoms with Crippen LogP contribution in [0.15, 0.2) is 61.1 Å². The average molecular weight is 390 g/mol. The zero-order chi connectivity index (χ0) is 20.2. The molecule has 0 N–H and O–H groups in total. The number of likely N-dealkylation sites (tertiary alicyclic amines) is 1. The van der Waals surface area contributed by atoms with Crippen LogP contribution >= 0.6 is 0 Å². The number of hydrogen-bond donors (Lipinski definition) is 0. The lowest BCUT2D eigenvalue weighted by molar-refractivity contribution is 0.0703. The number of carbonyl (C=O) groups is 1. The van der Waals surface area contributed by atoms with Crippen molar-refractivity contribution in [2.45, 2.75) is 25.3 Å². The number of benzene rings is 1. The highest BCUT2D eigenvalue weighted by molar-refractivity contribution is 5.94. The summed E-state index contributed by atoms with van der Waals surface area (Å²) in [6.45, 7) is 2.20. The van der Waals surface area contributed by atoms with E-state index in [4.69, 9.17) is 0 Å². The number of aromatic nitrogens is 3. The number of pyridine rings is 1. The molecule has 1 aliphatic heterocycles. The first-order valence-electron chi connectivity index (χ1n) is 10.1. The Morgan fingerprint density at radius 2 is 1.93 bits per heavy atom. The number of nitrogens with zero attached hydrogens (tertiary/aromatic N) is 5. The maximum absolute atomic E-state index is 13.0. The monoisotopic (exact) mass is 389 g/mol. The van der Waals surface area contributed by atoms with Crippen LogP contribution in [0.4, 0.5) is 5.69 Å². The SMILES string of the molecule is CN(C)c1ccc(C(=O)N2CCC[C@@H](c3nccn3Cc3ccccn3)C2)cc1. The summed E-state index contributed by atoms with van der Waals surface area (Å²) in [6, 6.07) is 13.8. The van der Waals surface area contributed by atoms with E-state index in [1.807, 2.05) is 85.0 Å². The second kappa shape index (κ2) is 8.47. The number of carbonyl (C=O) groups excluding carboxylic acids is 1. The van der Waals surface area contributed by atoms with Crippen molar-refractivity contribution in [2.24, 2.45) is 0 Å². The first-order chi connectivity index (χ1) is 14.1. The molecule has 0 unspecified atom stereocenters. The molecule has 0 aliphatic carbocycles. The van der Waals surface area contributed by atoms with Crippen LogP contribution in [-0.4, -0.2) is 52.5 Å². The number of amides is 1. The Kier molecular flexibility index (Phi) is 5.60. The van der Waals surface area contributed by atoms with Gasteiger partial charge in [-0.3, -0.25) is 9.78 Å². The van der Waals surface area contributed by atoms with Crippen LogP contribution < -0.4 is 4.90 Å². The normalized spacial score (nSPS) is 16.6. The van der Waals surface area contributed by atoms with Gasteiger partial charge in [-0.25, -0.2) is 4.98 Å². The molecule has 4 rings (SSSR count). The molecule has 1 saturated heterocycles. The fourth-order valence-corrected chi connectivity index (χ4v) is 3.94. The van der Waals surface area contributed by atoms with E-state index in [0.29, 0.717) is 13.1 Å². The Labute approximate surface area is 171 Å². The number of imidazole rings is 1. The first kappa shape index (κ1) is 19.2. The minimum atomic E-state index is 0.0999. The smallest absolute Gasteiger partial charge is 0.253 e. The summed E-state index contributed by atoms with van der Waals surface area (Å²) in [5.74, 6) is 1.38. The molecule has 1 amide bonds. The van der Waals surface area contributed by atoms with Gasteiger partial charge in [-0.2, -0.15) is 0 Å². The summed E-state index contributed by atoms with van der Waals surface area (Å²) in [5, 5.41) is 0. The summed E-state index contributed by atoms with van der Waals surface area (Å²) < 4.78 is 2.16. The van der Waals surface area contributed by atoms with Gasteiger partial charge < -0.3 is 14.4 Å². The molecule has 3 aromatic rings. The highest BCUT2D eigenvalue weighted by Crippen LogP contribution is 2.27. The molecular weight excluding hydrogens is 362 g/mol. The second-order valence-electron chi connectivity index (χ2n) is 7.77. The van der Waals surface area contributed by atoms with Crippen molar-refractivity contribution in [1.29, 1.82) is 0 Å². The Bertz CT molecular complexity index is 949. The van der Waals surface area contributed by atoms with E-state index in [1.165, 1.54) is 0 Å². The molecule has 6 nitrogen and oxygen atoms in total. The number of piperidine rings is 1. The molecule has 29 heavy (non-hydrogen) atoms. The highest BCUT2D eigenvalue weighted by Gasteiger charge is 2.28. The average Bonchev–Trinajstić information content (AvgIpc) is 3.22. The van der Waals surface area contributed by atoms with Gasteiger partial charge in [0, 0.05) is 62.9 Å². The van der Waals surface area contributed by atoms with E-state index in [2.05, 4.69) is 14.5 Å². The van der Waals surface area contributed by atoms with Crippen molar-refractivity contribution in [3.63, 3.8) is 0 Å². The molecule has 3 heterocycles. The largest absolute Gasteiger partial charge is 0.378 e. The van der Waals surface area contributed by atoms with Gasteiger partial charge in [-0.05, 0) is 49.2 Å². The molecule has 1 aromatic carbocycles. The lowest BCUT2D eigenvalue weighted by Gasteiger charge is -2.33. The van der Waals surface area contributed by atoms with E-state index >= 15 is 0 Å². The van der Waals surface area contributed by atoms with Crippen molar-refractivity contribution < 1.29 is 4.79 Å². The van der Waals surface area contributed by atoms with Gasteiger partial charge in [0.2, 0.25) is 0 Å². The molecule has 2 aromatic heterocycles. The summed E-state index contributed by atoms with van der Waals surface area (Å²) in [6.07, 6.45) is 7.70. The van der Waals surface area contributed by atoms with Crippen molar-refractivity contribution in [3.05, 3.63) is 78.1 Å². The van der Waals surface area contributed by atoms with E-state index < -0.39 is 0 Å². The third-order valence-electron chi connectivity index (χ3n) is 5.51. The molecule has 1 aliphatic rings. The van der Waals surface area contributed by atoms with Crippen LogP contribution in [0.1, 0.15) is 40.6 Å². The Hall–Kier alpha value is -3.15. The second-order valence-corrected chi connectivity index (χ2v) is 7.77. The van der Waals surface area contributed by atoms with Gasteiger partial charge in [-0.1, -0.05) is 6.07 Å². The van der Waals surface area contributed by atoms with E-state index in [0.717, 1.165) is 42.2 Å². The minimum Gasteiger partial charge on any atom is -0.378 e. The van der Waals surface area contributed by atoms with E-state index in [1.54, 1.807) is 0 Å². The van der Waals surface area contributed by atoms with Gasteiger partial charge >= 0.3 is 0 Å². The molecular formula is C23H27N5O. The molecule has 0 spiro atoms. The third kappa shape index (κ3) is 4.31. The molecule has 6 heteroatoms. The molecule has 150 valence electrons. The van der Waals surface area contributed by atoms with Gasteiger partial charge in [0.05, 0.1) is 12.2 Å². The number of rotatable bonds is 5. The van der Waals surface area contributed by atoms with Crippen LogP contribution in [-0.2, 0) is 6.54 Å². The van der Waals surface area contributed by atoms with Crippen LogP contribution in [0.5, 0.6) is 0 Å². The fourth-order valence-electron chi connectivity index (χ4n) is 3.94. The van der Waals surface area contributed by atoms with Gasteiger partial charge in [0.1, 0.15) is 5.82 Å². The van der Waals surface area contributed by atoms with Gasteiger partial charge in [0.25, 0.3) is 5.91 Å². The summed E-state index contributed by atoms with van der Waals surface area (Å²) in [5.41, 5.74) is 2.85. The Morgan fingerprint density at radius 1 is 1.10 bits per heavy atom. The quantitative estimate of drug-likeness (QED) is 0.671.